The molecule has 0 heterocycles. The van der Waals surface area contributed by atoms with Gasteiger partial charge in [0, 0.05) is 12.8 Å². The van der Waals surface area contributed by atoms with E-state index in [1.807, 2.05) is 30.3 Å². The quantitative estimate of drug-likeness (QED) is 0.635. The van der Waals surface area contributed by atoms with Crippen LogP contribution in [0.4, 0.5) is 8.78 Å². The minimum absolute atomic E-state index is 0.201. The van der Waals surface area contributed by atoms with Gasteiger partial charge >= 0.3 is 0 Å². The minimum Gasteiger partial charge on any atom is -0.202 e. The summed E-state index contributed by atoms with van der Waals surface area (Å²) in [6.45, 7) is 0. The van der Waals surface area contributed by atoms with E-state index in [9.17, 15) is 8.78 Å². The Kier molecular flexibility index (Phi) is 4.69. The zero-order valence-corrected chi connectivity index (χ0v) is 9.72. The van der Waals surface area contributed by atoms with Crippen LogP contribution in [-0.4, -0.2) is 12.3 Å². The molecule has 0 aromatic heterocycles. The van der Waals surface area contributed by atoms with Gasteiger partial charge in [-0.15, -0.1) is 11.6 Å². The molecule has 0 amide bonds. The Hall–Kier alpha value is -1.15. The van der Waals surface area contributed by atoms with Crippen LogP contribution >= 0.6 is 11.6 Å². The molecule has 0 aliphatic heterocycles. The van der Waals surface area contributed by atoms with Gasteiger partial charge in [0.15, 0.2) is 0 Å². The van der Waals surface area contributed by atoms with Crippen molar-refractivity contribution in [3.8, 4) is 0 Å². The Balaban J connectivity index is 0.000000606. The van der Waals surface area contributed by atoms with Gasteiger partial charge in [-0.3, -0.25) is 0 Å². The van der Waals surface area contributed by atoms with Crippen LogP contribution in [0.15, 0.2) is 48.6 Å². The summed E-state index contributed by atoms with van der Waals surface area (Å²) >= 11 is 4.64. The van der Waals surface area contributed by atoms with Crippen molar-refractivity contribution in [3.63, 3.8) is 0 Å². The molecule has 0 atom stereocenters. The topological polar surface area (TPSA) is 0 Å². The third-order valence-corrected chi connectivity index (χ3v) is 2.21. The molecule has 0 saturated carbocycles. The maximum Gasteiger partial charge on any atom is 0.270 e. The van der Waals surface area contributed by atoms with Gasteiger partial charge in [0.2, 0.25) is 0 Å². The van der Waals surface area contributed by atoms with Crippen molar-refractivity contribution in [1.29, 1.82) is 0 Å². The number of hydrogen-bond acceptors (Lipinski definition) is 0. The van der Waals surface area contributed by atoms with Gasteiger partial charge in [0.25, 0.3) is 5.92 Å². The van der Waals surface area contributed by atoms with E-state index in [-0.39, 0.29) is 6.42 Å². The first-order valence-electron chi connectivity index (χ1n) is 4.88. The zero-order valence-electron chi connectivity index (χ0n) is 8.96. The molecule has 1 aromatic rings. The van der Waals surface area contributed by atoms with Gasteiger partial charge < -0.3 is 0 Å². The molecule has 0 unspecified atom stereocenters. The van der Waals surface area contributed by atoms with Gasteiger partial charge in [-0.2, -0.15) is 0 Å². The van der Waals surface area contributed by atoms with Crippen LogP contribution in [0.1, 0.15) is 12.0 Å². The number of halogens is 3. The third kappa shape index (κ3) is 3.46. The van der Waals surface area contributed by atoms with Crippen LogP contribution in [0.3, 0.4) is 0 Å². The molecule has 3 heteroatoms. The molecule has 1 aliphatic rings. The van der Waals surface area contributed by atoms with Gasteiger partial charge in [-0.1, -0.05) is 42.5 Å². The monoisotopic (exact) mass is 242 g/mol. The molecular weight excluding hydrogens is 230 g/mol. The van der Waals surface area contributed by atoms with E-state index >= 15 is 0 Å². The number of alkyl halides is 3. The number of hydrogen-bond donors (Lipinski definition) is 0. The van der Waals surface area contributed by atoms with Gasteiger partial charge in [-0.25, -0.2) is 8.78 Å². The highest BCUT2D eigenvalue weighted by Crippen LogP contribution is 2.30. The normalized spacial score (nSPS) is 17.1. The van der Waals surface area contributed by atoms with E-state index in [4.69, 9.17) is 0 Å². The second-order valence-electron chi connectivity index (χ2n) is 3.32. The maximum absolute atomic E-state index is 12.8. The first-order valence-corrected chi connectivity index (χ1v) is 5.63. The summed E-state index contributed by atoms with van der Waals surface area (Å²) in [7, 11) is 0. The fraction of sp³-hybridized carbons (Fsp3) is 0.231. The van der Waals surface area contributed by atoms with Crippen molar-refractivity contribution < 1.29 is 8.78 Å². The van der Waals surface area contributed by atoms with Crippen LogP contribution in [-0.2, 0) is 0 Å². The average Bonchev–Trinajstić information content (AvgIpc) is 2.33. The van der Waals surface area contributed by atoms with Crippen molar-refractivity contribution in [2.24, 2.45) is 0 Å². The van der Waals surface area contributed by atoms with Crippen LogP contribution in [0.25, 0.3) is 5.57 Å². The van der Waals surface area contributed by atoms with Crippen LogP contribution in [0.5, 0.6) is 0 Å². The van der Waals surface area contributed by atoms with Crippen molar-refractivity contribution >= 4 is 17.2 Å². The summed E-state index contributed by atoms with van der Waals surface area (Å²) in [4.78, 5) is 0. The molecule has 2 rings (SSSR count). The summed E-state index contributed by atoms with van der Waals surface area (Å²) in [5.41, 5.74) is 1.86. The molecular formula is C13H13ClF2. The van der Waals surface area contributed by atoms with E-state index in [0.29, 0.717) is 0 Å². The highest BCUT2D eigenvalue weighted by Gasteiger charge is 2.26. The van der Waals surface area contributed by atoms with Crippen molar-refractivity contribution in [3.05, 3.63) is 54.1 Å². The van der Waals surface area contributed by atoms with E-state index in [1.165, 1.54) is 12.5 Å². The van der Waals surface area contributed by atoms with E-state index in [1.54, 1.807) is 6.08 Å². The first-order chi connectivity index (χ1) is 7.67. The fourth-order valence-electron chi connectivity index (χ4n) is 1.44. The van der Waals surface area contributed by atoms with Gasteiger partial charge in [0.05, 0.1) is 0 Å². The summed E-state index contributed by atoms with van der Waals surface area (Å²) < 4.78 is 25.5. The molecule has 16 heavy (non-hydrogen) atoms. The number of rotatable bonds is 1. The zero-order chi connectivity index (χ0) is 12.0. The molecule has 0 spiro atoms. The Morgan fingerprint density at radius 3 is 2.25 bits per heavy atom. The van der Waals surface area contributed by atoms with Crippen molar-refractivity contribution in [2.75, 3.05) is 6.38 Å². The van der Waals surface area contributed by atoms with Gasteiger partial charge in [-0.05, 0) is 17.2 Å². The molecule has 1 aliphatic carbocycles. The lowest BCUT2D eigenvalue weighted by Gasteiger charge is -2.15. The van der Waals surface area contributed by atoms with E-state index < -0.39 is 5.92 Å². The first kappa shape index (κ1) is 12.9. The number of benzene rings is 1. The van der Waals surface area contributed by atoms with Crippen LogP contribution in [0, 0.1) is 0 Å². The summed E-state index contributed by atoms with van der Waals surface area (Å²) in [5, 5.41) is 0. The highest BCUT2D eigenvalue weighted by atomic mass is 35.5. The summed E-state index contributed by atoms with van der Waals surface area (Å²) in [5.74, 6) is -2.67. The van der Waals surface area contributed by atoms with E-state index in [2.05, 4.69) is 11.6 Å². The fourth-order valence-corrected chi connectivity index (χ4v) is 1.44. The molecule has 0 saturated heterocycles. The molecule has 86 valence electrons. The molecule has 0 bridgehead atoms. The Bertz CT molecular complexity index is 380. The molecule has 0 nitrogen and oxygen atoms in total. The average molecular weight is 243 g/mol. The lowest BCUT2D eigenvalue weighted by molar-refractivity contribution is 0.0579. The second-order valence-corrected chi connectivity index (χ2v) is 3.32. The van der Waals surface area contributed by atoms with Crippen molar-refractivity contribution in [1.82, 2.24) is 0 Å². The lowest BCUT2D eigenvalue weighted by atomic mass is 9.98. The standard InChI is InChI=1S/C12H10F2.CH3Cl/c13-12(14)8-6-11(7-9-12)10-4-2-1-3-5-10;1-2/h1-8H,9H2;1H3. The van der Waals surface area contributed by atoms with E-state index in [0.717, 1.165) is 17.2 Å². The Morgan fingerprint density at radius 1 is 1.12 bits per heavy atom. The van der Waals surface area contributed by atoms with Crippen LogP contribution in [0.2, 0.25) is 0 Å². The van der Waals surface area contributed by atoms with Crippen molar-refractivity contribution in [2.45, 2.75) is 12.3 Å². The summed E-state index contributed by atoms with van der Waals surface area (Å²) in [6, 6.07) is 9.54. The Labute approximate surface area is 99.2 Å². The smallest absolute Gasteiger partial charge is 0.202 e. The third-order valence-electron chi connectivity index (χ3n) is 2.21. The number of allylic oxidation sites excluding steroid dienone is 4. The predicted molar refractivity (Wildman–Crippen MR) is 64.9 cm³/mol. The minimum atomic E-state index is -2.67. The maximum atomic E-state index is 12.8. The molecule has 0 fully saturated rings. The lowest BCUT2D eigenvalue weighted by Crippen LogP contribution is -2.12. The second kappa shape index (κ2) is 5.80. The largest absolute Gasteiger partial charge is 0.270 e. The molecule has 1 aromatic carbocycles. The van der Waals surface area contributed by atoms with Crippen LogP contribution < -0.4 is 0 Å². The molecule has 0 radical (unpaired) electrons. The highest BCUT2D eigenvalue weighted by molar-refractivity contribution is 6.15. The summed E-state index contributed by atoms with van der Waals surface area (Å²) in [6.07, 6.45) is 5.30. The SMILES string of the molecule is CCl.FC1(F)C=CC(c2ccccc2)=CC1. The Morgan fingerprint density at radius 2 is 1.75 bits per heavy atom. The van der Waals surface area contributed by atoms with Gasteiger partial charge in [0.1, 0.15) is 0 Å². The predicted octanol–water partition coefficient (Wildman–Crippen LogP) is 4.52. The molecule has 0 N–H and O–H groups in total.